The molecule has 1 aromatic heterocycles. The summed E-state index contributed by atoms with van der Waals surface area (Å²) in [5, 5.41) is 0. The number of hydrogen-bond acceptors (Lipinski definition) is 0. The number of rotatable bonds is 1. The van der Waals surface area contributed by atoms with Gasteiger partial charge in [-0.2, -0.15) is 0 Å². The minimum atomic E-state index is -4.09. The van der Waals surface area contributed by atoms with Crippen molar-refractivity contribution in [1.82, 2.24) is 4.48 Å². The van der Waals surface area contributed by atoms with Crippen LogP contribution in [0.2, 0.25) is 0 Å². The van der Waals surface area contributed by atoms with Crippen LogP contribution in [-0.2, 0) is 0 Å². The number of allylic oxidation sites excluding steroid dienone is 2. The maximum Gasteiger partial charge on any atom is 0.738 e. The fourth-order valence-electron chi connectivity index (χ4n) is 3.24. The van der Waals surface area contributed by atoms with Gasteiger partial charge in [-0.05, 0) is 47.1 Å². The third kappa shape index (κ3) is 2.05. The van der Waals surface area contributed by atoms with Gasteiger partial charge < -0.3 is 17.6 Å². The fraction of sp³-hybridized carbons (Fsp3) is 0.0625. The van der Waals surface area contributed by atoms with Crippen LogP contribution in [0, 0.1) is 12.7 Å². The van der Waals surface area contributed by atoms with Crippen molar-refractivity contribution < 1.29 is 17.5 Å². The van der Waals surface area contributed by atoms with Crippen molar-refractivity contribution in [3.63, 3.8) is 0 Å². The van der Waals surface area contributed by atoms with Crippen LogP contribution in [0.5, 0.6) is 0 Å². The molecular formula is C16H10BBr2F3N2. The molecule has 0 radical (unpaired) electrons. The van der Waals surface area contributed by atoms with Crippen molar-refractivity contribution in [2.45, 2.75) is 6.92 Å². The Morgan fingerprint density at radius 1 is 1.08 bits per heavy atom. The second kappa shape index (κ2) is 5.23. The predicted octanol–water partition coefficient (Wildman–Crippen LogP) is 5.07. The molecule has 24 heavy (non-hydrogen) atoms. The second-order valence-corrected chi connectivity index (χ2v) is 7.39. The summed E-state index contributed by atoms with van der Waals surface area (Å²) in [6.07, 6.45) is 3.14. The number of aromatic nitrogens is 1. The Hall–Kier alpha value is -1.54. The molecule has 122 valence electrons. The molecule has 2 aliphatic rings. The summed E-state index contributed by atoms with van der Waals surface area (Å²) < 4.78 is 47.0. The minimum absolute atomic E-state index is 0.249. The maximum atomic E-state index is 15.1. The number of benzene rings is 1. The quantitative estimate of drug-likeness (QED) is 0.528. The Bertz CT molecular complexity index is 989. The average molecular weight is 458 g/mol. The monoisotopic (exact) mass is 456 g/mol. The van der Waals surface area contributed by atoms with E-state index >= 15 is 8.63 Å². The standard InChI is InChI=1S/C16H10BBr2F3N2/c1-9-2-3-11(20)10(8-9)16-12-4-6-14(18)23(12)17(21,22)24-13(16)5-7-15(24)19/h2-8H,1H3. The van der Waals surface area contributed by atoms with E-state index in [1.165, 1.54) is 6.07 Å². The normalized spacial score (nSPS) is 18.2. The van der Waals surface area contributed by atoms with E-state index in [-0.39, 0.29) is 20.6 Å². The first-order valence-electron chi connectivity index (χ1n) is 7.22. The highest BCUT2D eigenvalue weighted by molar-refractivity contribution is 9.18. The molecule has 0 aliphatic carbocycles. The lowest BCUT2D eigenvalue weighted by atomic mass is 9.86. The van der Waals surface area contributed by atoms with Gasteiger partial charge in [0.05, 0.1) is 10.2 Å². The van der Waals surface area contributed by atoms with Crippen LogP contribution in [0.3, 0.4) is 0 Å². The molecule has 0 fully saturated rings. The van der Waals surface area contributed by atoms with Gasteiger partial charge in [0.1, 0.15) is 5.82 Å². The lowest BCUT2D eigenvalue weighted by Gasteiger charge is -2.32. The average Bonchev–Trinajstić information content (AvgIpc) is 3.08. The summed E-state index contributed by atoms with van der Waals surface area (Å²) in [7, 11) is 0. The number of halogens is 5. The molecule has 0 saturated carbocycles. The van der Waals surface area contributed by atoms with Gasteiger partial charge in [0, 0.05) is 39.3 Å². The van der Waals surface area contributed by atoms with Gasteiger partial charge in [-0.3, -0.25) is 0 Å². The Morgan fingerprint density at radius 3 is 2.58 bits per heavy atom. The summed E-state index contributed by atoms with van der Waals surface area (Å²) in [4.78, 5) is 0. The molecule has 0 atom stereocenters. The van der Waals surface area contributed by atoms with E-state index in [0.717, 1.165) is 14.5 Å². The Balaban J connectivity index is 2.14. The molecule has 2 aliphatic heterocycles. The zero-order valence-corrected chi connectivity index (χ0v) is 15.6. The summed E-state index contributed by atoms with van der Waals surface area (Å²) in [6.45, 7) is -2.25. The first-order chi connectivity index (χ1) is 11.3. The van der Waals surface area contributed by atoms with Crippen LogP contribution < -0.4 is 0 Å². The second-order valence-electron chi connectivity index (χ2n) is 5.77. The SMILES string of the molecule is Cc1ccc(F)c(C2=C3C=CC(Br)=[N+]3[B-](F)(F)n3c(Br)ccc32)c1. The summed E-state index contributed by atoms with van der Waals surface area (Å²) in [6, 6.07) is 7.84. The van der Waals surface area contributed by atoms with E-state index in [1.807, 2.05) is 6.92 Å². The highest BCUT2D eigenvalue weighted by Gasteiger charge is 2.54. The van der Waals surface area contributed by atoms with Crippen LogP contribution in [0.25, 0.3) is 5.57 Å². The van der Waals surface area contributed by atoms with Crippen molar-refractivity contribution in [3.8, 4) is 0 Å². The van der Waals surface area contributed by atoms with Crippen LogP contribution >= 0.6 is 31.9 Å². The molecular weight excluding hydrogens is 448 g/mol. The molecule has 0 unspecified atom stereocenters. The molecule has 0 bridgehead atoms. The fourth-order valence-corrected chi connectivity index (χ4v) is 4.38. The molecule has 2 nitrogen and oxygen atoms in total. The lowest BCUT2D eigenvalue weighted by molar-refractivity contribution is -0.358. The van der Waals surface area contributed by atoms with Gasteiger partial charge in [-0.1, -0.05) is 11.6 Å². The van der Waals surface area contributed by atoms with Crippen molar-refractivity contribution >= 4 is 49.0 Å². The molecule has 1 aromatic carbocycles. The molecule has 4 rings (SSSR count). The molecule has 8 heteroatoms. The van der Waals surface area contributed by atoms with E-state index in [2.05, 4.69) is 31.9 Å². The Labute approximate surface area is 153 Å². The van der Waals surface area contributed by atoms with E-state index < -0.39 is 12.8 Å². The van der Waals surface area contributed by atoms with Crippen LogP contribution in [0.15, 0.2) is 52.8 Å². The molecule has 2 aromatic rings. The molecule has 0 saturated heterocycles. The van der Waals surface area contributed by atoms with Crippen molar-refractivity contribution in [3.05, 3.63) is 75.4 Å². The zero-order chi connectivity index (χ0) is 17.2. The van der Waals surface area contributed by atoms with Crippen molar-refractivity contribution in [2.75, 3.05) is 0 Å². The van der Waals surface area contributed by atoms with Gasteiger partial charge in [0.15, 0.2) is 5.70 Å². The first-order valence-corrected chi connectivity index (χ1v) is 8.81. The highest BCUT2D eigenvalue weighted by atomic mass is 79.9. The zero-order valence-electron chi connectivity index (χ0n) is 12.4. The molecule has 0 spiro atoms. The molecule has 0 N–H and O–H groups in total. The topological polar surface area (TPSA) is 7.94 Å². The number of hydrogen-bond donors (Lipinski definition) is 0. The Morgan fingerprint density at radius 2 is 1.83 bits per heavy atom. The third-order valence-electron chi connectivity index (χ3n) is 4.26. The van der Waals surface area contributed by atoms with E-state index in [9.17, 15) is 4.39 Å². The van der Waals surface area contributed by atoms with E-state index in [0.29, 0.717) is 11.1 Å². The number of nitrogens with zero attached hydrogens (tertiary/aromatic N) is 2. The maximum absolute atomic E-state index is 15.1. The van der Waals surface area contributed by atoms with Crippen LogP contribution in [-0.4, -0.2) is 20.6 Å². The van der Waals surface area contributed by atoms with Crippen molar-refractivity contribution in [1.29, 1.82) is 0 Å². The van der Waals surface area contributed by atoms with Crippen molar-refractivity contribution in [2.24, 2.45) is 0 Å². The number of fused-ring (bicyclic) bond motifs is 2. The summed E-state index contributed by atoms with van der Waals surface area (Å²) >= 11 is 6.38. The largest absolute Gasteiger partial charge is 0.738 e. The van der Waals surface area contributed by atoms with Crippen LogP contribution in [0.4, 0.5) is 13.0 Å². The smallest absolute Gasteiger partial charge is 0.389 e. The third-order valence-corrected chi connectivity index (χ3v) is 5.55. The Kier molecular flexibility index (Phi) is 3.48. The van der Waals surface area contributed by atoms with E-state index in [4.69, 9.17) is 0 Å². The molecule has 0 amide bonds. The number of aryl methyl sites for hydroxylation is 1. The van der Waals surface area contributed by atoms with Crippen LogP contribution in [0.1, 0.15) is 16.8 Å². The minimum Gasteiger partial charge on any atom is -0.389 e. The van der Waals surface area contributed by atoms with E-state index in [1.54, 1.807) is 36.4 Å². The van der Waals surface area contributed by atoms with Gasteiger partial charge >= 0.3 is 6.97 Å². The summed E-state index contributed by atoms with van der Waals surface area (Å²) in [5.41, 5.74) is 2.18. The van der Waals surface area contributed by atoms with Gasteiger partial charge in [0.25, 0.3) is 0 Å². The van der Waals surface area contributed by atoms with Gasteiger partial charge in [-0.25, -0.2) is 4.39 Å². The highest BCUT2D eigenvalue weighted by Crippen LogP contribution is 2.42. The predicted molar refractivity (Wildman–Crippen MR) is 96.0 cm³/mol. The lowest BCUT2D eigenvalue weighted by Crippen LogP contribution is -2.50. The first kappa shape index (κ1) is 16.0. The van der Waals surface area contributed by atoms with Gasteiger partial charge in [0.2, 0.25) is 4.62 Å². The van der Waals surface area contributed by atoms with Gasteiger partial charge in [-0.15, -0.1) is 0 Å². The molecule has 3 heterocycles. The summed E-state index contributed by atoms with van der Waals surface area (Å²) in [5.74, 6) is -0.443.